The molecule has 32 heavy (non-hydrogen) atoms. The summed E-state index contributed by atoms with van der Waals surface area (Å²) in [5.41, 5.74) is 3.85. The maximum atomic E-state index is 12.6. The van der Waals surface area contributed by atoms with Gasteiger partial charge in [-0.05, 0) is 42.8 Å². The van der Waals surface area contributed by atoms with Crippen molar-refractivity contribution in [1.29, 1.82) is 0 Å². The van der Waals surface area contributed by atoms with Crippen LogP contribution in [0.2, 0.25) is 5.02 Å². The number of pyridine rings is 1. The van der Waals surface area contributed by atoms with E-state index in [4.69, 9.17) is 20.5 Å². The van der Waals surface area contributed by atoms with Gasteiger partial charge in [-0.2, -0.15) is 13.5 Å². The number of hydrogen-bond donors (Lipinski definition) is 1. The number of halogens is 1. The topological polar surface area (TPSA) is 133 Å². The number of hydrogen-bond acceptors (Lipinski definition) is 9. The second kappa shape index (κ2) is 9.62. The zero-order valence-electron chi connectivity index (χ0n) is 16.9. The Morgan fingerprint density at radius 1 is 1.19 bits per heavy atom. The van der Waals surface area contributed by atoms with E-state index in [1.807, 2.05) is 6.92 Å². The normalized spacial score (nSPS) is 11.3. The highest BCUT2D eigenvalue weighted by Crippen LogP contribution is 2.38. The van der Waals surface area contributed by atoms with Crippen LogP contribution in [-0.2, 0) is 10.1 Å². The van der Waals surface area contributed by atoms with Crippen molar-refractivity contribution >= 4 is 39.4 Å². The third-order valence-electron chi connectivity index (χ3n) is 4.11. The van der Waals surface area contributed by atoms with Crippen molar-refractivity contribution in [3.63, 3.8) is 0 Å². The molecule has 0 spiro atoms. The van der Waals surface area contributed by atoms with Crippen LogP contribution in [0.1, 0.15) is 11.1 Å². The average molecular weight is 477 g/mol. The molecule has 1 aromatic heterocycles. The molecule has 1 N–H and O–H groups in total. The summed E-state index contributed by atoms with van der Waals surface area (Å²) in [5, 5.41) is 14.6. The molecule has 12 heteroatoms. The molecule has 10 nitrogen and oxygen atoms in total. The Balaban J connectivity index is 1.79. The summed E-state index contributed by atoms with van der Waals surface area (Å²) in [6, 6.07) is 11.8. The lowest BCUT2D eigenvalue weighted by Gasteiger charge is -2.13. The molecule has 0 aliphatic heterocycles. The molecule has 0 saturated heterocycles. The number of benzene rings is 2. The third kappa shape index (κ3) is 5.50. The Bertz CT molecular complexity index is 1260. The van der Waals surface area contributed by atoms with E-state index in [9.17, 15) is 18.5 Å². The molecule has 0 aliphatic carbocycles. The van der Waals surface area contributed by atoms with Gasteiger partial charge in [-0.15, -0.1) is 0 Å². The minimum absolute atomic E-state index is 0.00468. The first-order valence-electron chi connectivity index (χ1n) is 8.98. The van der Waals surface area contributed by atoms with Crippen LogP contribution in [0, 0.1) is 17.0 Å². The number of hydrazone groups is 1. The molecule has 0 aliphatic rings. The van der Waals surface area contributed by atoms with E-state index in [2.05, 4.69) is 15.5 Å². The van der Waals surface area contributed by atoms with Crippen molar-refractivity contribution in [1.82, 2.24) is 4.98 Å². The lowest BCUT2D eigenvalue weighted by atomic mass is 10.2. The summed E-state index contributed by atoms with van der Waals surface area (Å²) < 4.78 is 35.6. The van der Waals surface area contributed by atoms with E-state index in [1.54, 1.807) is 12.1 Å². The second-order valence-corrected chi connectivity index (χ2v) is 8.37. The second-order valence-electron chi connectivity index (χ2n) is 6.41. The molecule has 0 amide bonds. The minimum Gasteiger partial charge on any atom is -0.493 e. The summed E-state index contributed by atoms with van der Waals surface area (Å²) in [6.45, 7) is 1.84. The number of anilines is 1. The number of aromatic nitrogens is 1. The number of nitrogens with zero attached hydrogens (tertiary/aromatic N) is 3. The zero-order chi connectivity index (χ0) is 23.3. The van der Waals surface area contributed by atoms with Gasteiger partial charge in [0.15, 0.2) is 5.75 Å². The van der Waals surface area contributed by atoms with Crippen molar-refractivity contribution in [2.75, 3.05) is 12.5 Å². The van der Waals surface area contributed by atoms with E-state index in [0.717, 1.165) is 11.8 Å². The monoisotopic (exact) mass is 476 g/mol. The van der Waals surface area contributed by atoms with Crippen molar-refractivity contribution in [3.05, 3.63) is 81.0 Å². The standard InChI is InChI=1S/C20H17ClN4O6S/c1-13-3-6-16(7-4-13)32(28,29)31-20-17(21)9-14(10-18(20)30-2)11-23-24-19-8-5-15(12-22-19)25(26)27/h3-12H,1-2H3,(H,22,24)/b23-11-. The Morgan fingerprint density at radius 2 is 1.91 bits per heavy atom. The molecule has 166 valence electrons. The predicted octanol–water partition coefficient (Wildman–Crippen LogP) is 4.17. The lowest BCUT2D eigenvalue weighted by molar-refractivity contribution is -0.385. The molecule has 3 aromatic rings. The molecular formula is C20H17ClN4O6S. The van der Waals surface area contributed by atoms with Gasteiger partial charge < -0.3 is 8.92 Å². The molecule has 0 unspecified atom stereocenters. The minimum atomic E-state index is -4.13. The van der Waals surface area contributed by atoms with Gasteiger partial charge in [0.05, 0.1) is 23.3 Å². The number of nitrogens with one attached hydrogen (secondary N) is 1. The average Bonchev–Trinajstić information content (AvgIpc) is 2.76. The van der Waals surface area contributed by atoms with Gasteiger partial charge in [-0.25, -0.2) is 4.98 Å². The van der Waals surface area contributed by atoms with E-state index in [-0.39, 0.29) is 32.9 Å². The van der Waals surface area contributed by atoms with Crippen molar-refractivity contribution < 1.29 is 22.3 Å². The molecule has 0 bridgehead atoms. The SMILES string of the molecule is COc1cc(/C=N\Nc2ccc([N+](=O)[O-])cn2)cc(Cl)c1OS(=O)(=O)c1ccc(C)cc1. The number of nitro groups is 1. The van der Waals surface area contributed by atoms with Gasteiger partial charge in [0, 0.05) is 6.07 Å². The molecule has 0 saturated carbocycles. The maximum absolute atomic E-state index is 12.6. The zero-order valence-corrected chi connectivity index (χ0v) is 18.4. The molecule has 2 aromatic carbocycles. The molecular weight excluding hydrogens is 460 g/mol. The van der Waals surface area contributed by atoms with Crippen LogP contribution in [0.15, 0.2) is 64.7 Å². The lowest BCUT2D eigenvalue weighted by Crippen LogP contribution is -2.11. The predicted molar refractivity (Wildman–Crippen MR) is 119 cm³/mol. The van der Waals surface area contributed by atoms with Crippen LogP contribution >= 0.6 is 11.6 Å². The van der Waals surface area contributed by atoms with Crippen LogP contribution in [0.25, 0.3) is 0 Å². The van der Waals surface area contributed by atoms with Gasteiger partial charge in [0.1, 0.15) is 16.9 Å². The molecule has 0 radical (unpaired) electrons. The van der Waals surface area contributed by atoms with Gasteiger partial charge in [0.2, 0.25) is 5.75 Å². The summed E-state index contributed by atoms with van der Waals surface area (Å²) >= 11 is 6.25. The first-order valence-corrected chi connectivity index (χ1v) is 10.8. The Morgan fingerprint density at radius 3 is 2.50 bits per heavy atom. The van der Waals surface area contributed by atoms with E-state index in [1.165, 1.54) is 49.7 Å². The van der Waals surface area contributed by atoms with Gasteiger partial charge in [-0.1, -0.05) is 29.3 Å². The van der Waals surface area contributed by atoms with E-state index in [0.29, 0.717) is 5.56 Å². The number of methoxy groups -OCH3 is 1. The summed E-state index contributed by atoms with van der Waals surface area (Å²) in [7, 11) is -2.78. The largest absolute Gasteiger partial charge is 0.493 e. The van der Waals surface area contributed by atoms with Crippen LogP contribution in [0.5, 0.6) is 11.5 Å². The molecule has 3 rings (SSSR count). The highest BCUT2D eigenvalue weighted by atomic mass is 35.5. The van der Waals surface area contributed by atoms with E-state index >= 15 is 0 Å². The smallest absolute Gasteiger partial charge is 0.339 e. The molecule has 0 fully saturated rings. The third-order valence-corrected chi connectivity index (χ3v) is 5.62. The summed E-state index contributed by atoms with van der Waals surface area (Å²) in [5.74, 6) is 0.217. The Labute approximate surface area is 188 Å². The van der Waals surface area contributed by atoms with Crippen molar-refractivity contribution in [3.8, 4) is 11.5 Å². The maximum Gasteiger partial charge on any atom is 0.339 e. The number of rotatable bonds is 8. The quantitative estimate of drug-likeness (QED) is 0.221. The molecule has 1 heterocycles. The first-order chi connectivity index (χ1) is 15.2. The van der Waals surface area contributed by atoms with Crippen LogP contribution in [0.4, 0.5) is 11.5 Å². The fourth-order valence-electron chi connectivity index (χ4n) is 2.49. The van der Waals surface area contributed by atoms with Crippen LogP contribution in [-0.4, -0.2) is 31.6 Å². The van der Waals surface area contributed by atoms with Gasteiger partial charge in [0.25, 0.3) is 5.69 Å². The first kappa shape index (κ1) is 23.0. The summed E-state index contributed by atoms with van der Waals surface area (Å²) in [4.78, 5) is 13.9. The highest BCUT2D eigenvalue weighted by Gasteiger charge is 2.22. The van der Waals surface area contributed by atoms with Gasteiger partial charge >= 0.3 is 10.1 Å². The van der Waals surface area contributed by atoms with E-state index < -0.39 is 15.0 Å². The van der Waals surface area contributed by atoms with Crippen molar-refractivity contribution in [2.45, 2.75) is 11.8 Å². The van der Waals surface area contributed by atoms with Gasteiger partial charge in [-0.3, -0.25) is 15.5 Å². The molecule has 0 atom stereocenters. The Hall–Kier alpha value is -3.70. The van der Waals surface area contributed by atoms with Crippen LogP contribution < -0.4 is 14.3 Å². The van der Waals surface area contributed by atoms with Crippen molar-refractivity contribution in [2.24, 2.45) is 5.10 Å². The fourth-order valence-corrected chi connectivity index (χ4v) is 3.75. The highest BCUT2D eigenvalue weighted by molar-refractivity contribution is 7.87. The summed E-state index contributed by atoms with van der Waals surface area (Å²) in [6.07, 6.45) is 2.48. The number of aryl methyl sites for hydroxylation is 1. The Kier molecular flexibility index (Phi) is 6.91. The fraction of sp³-hybridized carbons (Fsp3) is 0.100. The van der Waals surface area contributed by atoms with Crippen LogP contribution in [0.3, 0.4) is 0 Å². The number of ether oxygens (including phenoxy) is 1.